The molecule has 0 aliphatic heterocycles. The van der Waals surface area contributed by atoms with E-state index < -0.39 is 5.41 Å². The van der Waals surface area contributed by atoms with Crippen LogP contribution in [0.4, 0.5) is 0 Å². The van der Waals surface area contributed by atoms with Crippen molar-refractivity contribution >= 4 is 0 Å². The Labute approximate surface area is 150 Å². The molecule has 1 N–H and O–H groups in total. The summed E-state index contributed by atoms with van der Waals surface area (Å²) < 4.78 is 0. The maximum atomic E-state index is 10.2. The maximum absolute atomic E-state index is 10.2. The second kappa shape index (κ2) is 7.02. The highest BCUT2D eigenvalue weighted by atomic mass is 14.9. The molecule has 2 nitrogen and oxygen atoms in total. The van der Waals surface area contributed by atoms with E-state index in [0.717, 1.165) is 19.4 Å². The van der Waals surface area contributed by atoms with Gasteiger partial charge in [0.1, 0.15) is 5.41 Å². The third kappa shape index (κ3) is 2.87. The van der Waals surface area contributed by atoms with Gasteiger partial charge in [-0.3, -0.25) is 0 Å². The minimum Gasteiger partial charge on any atom is -0.314 e. The Bertz CT molecular complexity index is 735. The first-order valence-corrected chi connectivity index (χ1v) is 9.69. The molecule has 2 aliphatic rings. The number of nitriles is 1. The first-order valence-electron chi connectivity index (χ1n) is 9.69. The summed E-state index contributed by atoms with van der Waals surface area (Å²) in [6, 6.07) is 20.3. The smallest absolute Gasteiger partial charge is 0.108 e. The highest BCUT2D eigenvalue weighted by molar-refractivity contribution is 5.82. The van der Waals surface area contributed by atoms with Gasteiger partial charge in [-0.05, 0) is 54.5 Å². The number of benzene rings is 2. The molecule has 0 aromatic heterocycles. The molecule has 0 spiro atoms. The number of rotatable bonds is 5. The van der Waals surface area contributed by atoms with Crippen molar-refractivity contribution in [1.82, 2.24) is 5.32 Å². The van der Waals surface area contributed by atoms with E-state index in [1.165, 1.54) is 54.4 Å². The van der Waals surface area contributed by atoms with Crippen LogP contribution in [0.3, 0.4) is 0 Å². The summed E-state index contributed by atoms with van der Waals surface area (Å²) in [4.78, 5) is 0. The second-order valence-electron chi connectivity index (χ2n) is 7.50. The summed E-state index contributed by atoms with van der Waals surface area (Å²) in [5, 5.41) is 13.9. The standard InChI is InChI=1S/C23H26N2/c24-17-23(15-8-16-25-18-9-2-1-3-10-18)21-13-6-4-11-19(21)20-12-5-7-14-22(20)23/h4-7,11-14,18,25H,1-3,8-10,15-16H2. The van der Waals surface area contributed by atoms with E-state index in [9.17, 15) is 5.26 Å². The lowest BCUT2D eigenvalue weighted by atomic mass is 9.76. The van der Waals surface area contributed by atoms with Gasteiger partial charge >= 0.3 is 0 Å². The van der Waals surface area contributed by atoms with Crippen LogP contribution in [0.1, 0.15) is 56.1 Å². The fraction of sp³-hybridized carbons (Fsp3) is 0.435. The lowest BCUT2D eigenvalue weighted by Crippen LogP contribution is -2.33. The second-order valence-corrected chi connectivity index (χ2v) is 7.50. The summed E-state index contributed by atoms with van der Waals surface area (Å²) in [7, 11) is 0. The number of hydrogen-bond acceptors (Lipinski definition) is 2. The average molecular weight is 330 g/mol. The molecule has 128 valence electrons. The fourth-order valence-electron chi connectivity index (χ4n) is 4.74. The molecule has 0 saturated heterocycles. The van der Waals surface area contributed by atoms with Gasteiger partial charge < -0.3 is 5.32 Å². The first-order chi connectivity index (χ1) is 12.3. The van der Waals surface area contributed by atoms with Gasteiger partial charge in [0, 0.05) is 6.04 Å². The Hall–Kier alpha value is -2.11. The van der Waals surface area contributed by atoms with Crippen LogP contribution in [0.5, 0.6) is 0 Å². The molecule has 2 aliphatic carbocycles. The van der Waals surface area contributed by atoms with Crippen LogP contribution in [-0.2, 0) is 5.41 Å². The minimum atomic E-state index is -0.485. The Morgan fingerprint density at radius 3 is 2.12 bits per heavy atom. The Morgan fingerprint density at radius 1 is 0.920 bits per heavy atom. The number of nitrogens with one attached hydrogen (secondary N) is 1. The van der Waals surface area contributed by atoms with Crippen molar-refractivity contribution < 1.29 is 0 Å². The van der Waals surface area contributed by atoms with E-state index in [0.29, 0.717) is 6.04 Å². The first kappa shape index (κ1) is 16.4. The maximum Gasteiger partial charge on any atom is 0.108 e. The molecule has 1 fully saturated rings. The Kier molecular flexibility index (Phi) is 4.59. The zero-order valence-electron chi connectivity index (χ0n) is 14.8. The molecule has 0 unspecified atom stereocenters. The van der Waals surface area contributed by atoms with E-state index in [2.05, 4.69) is 59.9 Å². The molecule has 2 aromatic rings. The van der Waals surface area contributed by atoms with Gasteiger partial charge in [-0.1, -0.05) is 67.8 Å². The predicted molar refractivity (Wildman–Crippen MR) is 102 cm³/mol. The number of fused-ring (bicyclic) bond motifs is 3. The molecule has 0 atom stereocenters. The molecule has 0 amide bonds. The number of nitrogens with zero attached hydrogens (tertiary/aromatic N) is 1. The van der Waals surface area contributed by atoms with Gasteiger partial charge in [0.25, 0.3) is 0 Å². The van der Waals surface area contributed by atoms with Crippen LogP contribution >= 0.6 is 0 Å². The highest BCUT2D eigenvalue weighted by Gasteiger charge is 2.42. The van der Waals surface area contributed by atoms with E-state index in [4.69, 9.17) is 0 Å². The third-order valence-corrected chi connectivity index (χ3v) is 6.02. The van der Waals surface area contributed by atoms with E-state index in [1.807, 2.05) is 0 Å². The van der Waals surface area contributed by atoms with Gasteiger partial charge in [0.05, 0.1) is 6.07 Å². The minimum absolute atomic E-state index is 0.485. The van der Waals surface area contributed by atoms with E-state index >= 15 is 0 Å². The van der Waals surface area contributed by atoms with Crippen molar-refractivity contribution in [2.75, 3.05) is 6.54 Å². The number of hydrogen-bond donors (Lipinski definition) is 1. The van der Waals surface area contributed by atoms with Crippen LogP contribution < -0.4 is 5.32 Å². The largest absolute Gasteiger partial charge is 0.314 e. The van der Waals surface area contributed by atoms with Crippen molar-refractivity contribution in [1.29, 1.82) is 5.26 Å². The average Bonchev–Trinajstić information content (AvgIpc) is 2.97. The fourth-order valence-corrected chi connectivity index (χ4v) is 4.74. The van der Waals surface area contributed by atoms with Gasteiger partial charge in [-0.25, -0.2) is 0 Å². The van der Waals surface area contributed by atoms with Crippen LogP contribution in [0, 0.1) is 11.3 Å². The Balaban J connectivity index is 1.53. The topological polar surface area (TPSA) is 35.8 Å². The summed E-state index contributed by atoms with van der Waals surface area (Å²) in [6.45, 7) is 1.01. The molecule has 0 heterocycles. The molecular weight excluding hydrogens is 304 g/mol. The summed E-state index contributed by atoms with van der Waals surface area (Å²) in [5.41, 5.74) is 4.37. The lowest BCUT2D eigenvalue weighted by Gasteiger charge is -2.26. The van der Waals surface area contributed by atoms with Crippen LogP contribution in [0.15, 0.2) is 48.5 Å². The van der Waals surface area contributed by atoms with Gasteiger partial charge in [0.2, 0.25) is 0 Å². The molecule has 4 rings (SSSR count). The molecule has 0 bridgehead atoms. The summed E-state index contributed by atoms with van der Waals surface area (Å²) >= 11 is 0. The van der Waals surface area contributed by atoms with Crippen molar-refractivity contribution in [2.24, 2.45) is 0 Å². The van der Waals surface area contributed by atoms with Crippen LogP contribution in [0.25, 0.3) is 11.1 Å². The van der Waals surface area contributed by atoms with Crippen molar-refractivity contribution in [3.05, 3.63) is 59.7 Å². The zero-order valence-corrected chi connectivity index (χ0v) is 14.8. The quantitative estimate of drug-likeness (QED) is 0.767. The molecule has 1 saturated carbocycles. The lowest BCUT2D eigenvalue weighted by molar-refractivity contribution is 0.367. The summed E-state index contributed by atoms with van der Waals surface area (Å²) in [5.74, 6) is 0. The van der Waals surface area contributed by atoms with Crippen molar-refractivity contribution in [2.45, 2.75) is 56.4 Å². The summed E-state index contributed by atoms with van der Waals surface area (Å²) in [6.07, 6.45) is 8.67. The van der Waals surface area contributed by atoms with Gasteiger partial charge in [-0.15, -0.1) is 0 Å². The monoisotopic (exact) mass is 330 g/mol. The SMILES string of the molecule is N#CC1(CCCNC2CCCCC2)c2ccccc2-c2ccccc21. The molecule has 2 heteroatoms. The van der Waals surface area contributed by atoms with E-state index in [-0.39, 0.29) is 0 Å². The van der Waals surface area contributed by atoms with Crippen molar-refractivity contribution in [3.8, 4) is 17.2 Å². The van der Waals surface area contributed by atoms with Crippen molar-refractivity contribution in [3.63, 3.8) is 0 Å². The molecular formula is C23H26N2. The Morgan fingerprint density at radius 2 is 1.52 bits per heavy atom. The van der Waals surface area contributed by atoms with Gasteiger partial charge in [-0.2, -0.15) is 5.26 Å². The van der Waals surface area contributed by atoms with Crippen LogP contribution in [0.2, 0.25) is 0 Å². The molecule has 2 aromatic carbocycles. The predicted octanol–water partition coefficient (Wildman–Crippen LogP) is 5.18. The van der Waals surface area contributed by atoms with Crippen LogP contribution in [-0.4, -0.2) is 12.6 Å². The van der Waals surface area contributed by atoms with E-state index in [1.54, 1.807) is 0 Å². The zero-order chi connectivity index (χ0) is 17.1. The third-order valence-electron chi connectivity index (χ3n) is 6.02. The molecule has 25 heavy (non-hydrogen) atoms. The van der Waals surface area contributed by atoms with Gasteiger partial charge in [0.15, 0.2) is 0 Å². The molecule has 0 radical (unpaired) electrons. The highest BCUT2D eigenvalue weighted by Crippen LogP contribution is 2.50. The normalized spacial score (nSPS) is 18.4.